The topological polar surface area (TPSA) is 64.6 Å². The first-order valence-corrected chi connectivity index (χ1v) is 8.40. The minimum absolute atomic E-state index is 0.0173. The zero-order valence-electron chi connectivity index (χ0n) is 14.1. The molecule has 0 heterocycles. The fourth-order valence-electron chi connectivity index (χ4n) is 2.26. The molecule has 1 aliphatic carbocycles. The van der Waals surface area contributed by atoms with E-state index in [0.717, 1.165) is 24.2 Å². The van der Waals surface area contributed by atoms with E-state index in [2.05, 4.69) is 5.32 Å². The first-order valence-electron chi connectivity index (χ1n) is 8.40. The van der Waals surface area contributed by atoms with E-state index < -0.39 is 6.10 Å². The van der Waals surface area contributed by atoms with Gasteiger partial charge in [0.1, 0.15) is 12.4 Å². The summed E-state index contributed by atoms with van der Waals surface area (Å²) in [6.45, 7) is 2.06. The van der Waals surface area contributed by atoms with Gasteiger partial charge in [-0.3, -0.25) is 9.59 Å². The zero-order chi connectivity index (χ0) is 17.6. The molecule has 3 rings (SSSR count). The van der Waals surface area contributed by atoms with Crippen LogP contribution in [0.3, 0.4) is 0 Å². The van der Waals surface area contributed by atoms with Crippen LogP contribution in [0, 0.1) is 5.92 Å². The highest BCUT2D eigenvalue weighted by Crippen LogP contribution is 2.30. The zero-order valence-corrected chi connectivity index (χ0v) is 14.1. The summed E-state index contributed by atoms with van der Waals surface area (Å²) in [5.41, 5.74) is 1.72. The Labute approximate surface area is 147 Å². The van der Waals surface area contributed by atoms with Crippen molar-refractivity contribution >= 4 is 17.6 Å². The molecule has 1 aliphatic rings. The van der Waals surface area contributed by atoms with Crippen LogP contribution in [0.25, 0.3) is 0 Å². The summed E-state index contributed by atoms with van der Waals surface area (Å²) in [5, 5.41) is 2.74. The molecule has 0 bridgehead atoms. The lowest BCUT2D eigenvalue weighted by Gasteiger charge is -2.13. The Kier molecular flexibility index (Phi) is 5.33. The van der Waals surface area contributed by atoms with E-state index in [1.807, 2.05) is 30.3 Å². The van der Waals surface area contributed by atoms with Crippen LogP contribution in [-0.4, -0.2) is 18.0 Å². The van der Waals surface area contributed by atoms with Crippen molar-refractivity contribution in [1.29, 1.82) is 0 Å². The summed E-state index contributed by atoms with van der Waals surface area (Å²) in [6.07, 6.45) is 0.914. The molecule has 5 heteroatoms. The van der Waals surface area contributed by atoms with Crippen molar-refractivity contribution in [3.63, 3.8) is 0 Å². The van der Waals surface area contributed by atoms with Crippen molar-refractivity contribution in [2.45, 2.75) is 32.5 Å². The number of hydrogen-bond donors (Lipinski definition) is 1. The van der Waals surface area contributed by atoms with E-state index in [4.69, 9.17) is 9.47 Å². The minimum Gasteiger partial charge on any atom is -0.489 e. The molecule has 5 nitrogen and oxygen atoms in total. The number of amides is 1. The van der Waals surface area contributed by atoms with Gasteiger partial charge in [-0.05, 0) is 49.6 Å². The predicted molar refractivity (Wildman–Crippen MR) is 94.1 cm³/mol. The largest absolute Gasteiger partial charge is 0.489 e. The summed E-state index contributed by atoms with van der Waals surface area (Å²) in [7, 11) is 0. The number of anilines is 1. The maximum absolute atomic E-state index is 12.1. The molecular formula is C20H21NO4. The van der Waals surface area contributed by atoms with E-state index >= 15 is 0 Å². The van der Waals surface area contributed by atoms with Crippen LogP contribution in [0.2, 0.25) is 0 Å². The van der Waals surface area contributed by atoms with Gasteiger partial charge in [-0.15, -0.1) is 0 Å². The van der Waals surface area contributed by atoms with Gasteiger partial charge in [-0.1, -0.05) is 30.3 Å². The number of hydrogen-bond acceptors (Lipinski definition) is 4. The third-order valence-corrected chi connectivity index (χ3v) is 3.94. The van der Waals surface area contributed by atoms with Crippen molar-refractivity contribution in [3.05, 3.63) is 60.2 Å². The molecule has 0 unspecified atom stereocenters. The molecule has 0 saturated heterocycles. The number of esters is 1. The van der Waals surface area contributed by atoms with Gasteiger partial charge in [0.15, 0.2) is 6.10 Å². The quantitative estimate of drug-likeness (QED) is 0.784. The average Bonchev–Trinajstić information content (AvgIpc) is 3.47. The van der Waals surface area contributed by atoms with Gasteiger partial charge in [-0.2, -0.15) is 0 Å². The Balaban J connectivity index is 1.48. The number of nitrogens with one attached hydrogen (secondary N) is 1. The minimum atomic E-state index is -0.804. The first-order chi connectivity index (χ1) is 12.1. The van der Waals surface area contributed by atoms with Crippen molar-refractivity contribution in [1.82, 2.24) is 0 Å². The van der Waals surface area contributed by atoms with Gasteiger partial charge in [0.25, 0.3) is 5.91 Å². The Morgan fingerprint density at radius 2 is 1.76 bits per heavy atom. The van der Waals surface area contributed by atoms with E-state index in [-0.39, 0.29) is 17.8 Å². The van der Waals surface area contributed by atoms with E-state index in [1.54, 1.807) is 31.2 Å². The lowest BCUT2D eigenvalue weighted by atomic mass is 10.2. The first kappa shape index (κ1) is 17.0. The van der Waals surface area contributed by atoms with Crippen molar-refractivity contribution in [2.75, 3.05) is 5.32 Å². The Hall–Kier alpha value is -2.82. The number of carbonyl (C=O) groups excluding carboxylic acids is 2. The molecular weight excluding hydrogens is 318 g/mol. The molecule has 0 spiro atoms. The fourth-order valence-corrected chi connectivity index (χ4v) is 2.26. The molecule has 130 valence electrons. The highest BCUT2D eigenvalue weighted by Gasteiger charge is 2.33. The van der Waals surface area contributed by atoms with Gasteiger partial charge in [0, 0.05) is 5.69 Å². The molecule has 1 saturated carbocycles. The Morgan fingerprint density at radius 1 is 1.08 bits per heavy atom. The highest BCUT2D eigenvalue weighted by molar-refractivity contribution is 5.95. The molecule has 0 radical (unpaired) electrons. The van der Waals surface area contributed by atoms with Crippen LogP contribution in [0.1, 0.15) is 25.3 Å². The second-order valence-electron chi connectivity index (χ2n) is 6.14. The number of benzene rings is 2. The summed E-state index contributed by atoms with van der Waals surface area (Å²) in [5.74, 6) is 0.0747. The molecule has 1 atom stereocenters. The van der Waals surface area contributed by atoms with Gasteiger partial charge in [0.2, 0.25) is 0 Å². The maximum atomic E-state index is 12.1. The lowest BCUT2D eigenvalue weighted by molar-refractivity contribution is -0.154. The van der Waals surface area contributed by atoms with Gasteiger partial charge in [-0.25, -0.2) is 0 Å². The second-order valence-corrected chi connectivity index (χ2v) is 6.14. The maximum Gasteiger partial charge on any atom is 0.309 e. The van der Waals surface area contributed by atoms with Crippen LogP contribution in [0.4, 0.5) is 5.69 Å². The fraction of sp³-hybridized carbons (Fsp3) is 0.300. The smallest absolute Gasteiger partial charge is 0.309 e. The molecule has 0 aliphatic heterocycles. The van der Waals surface area contributed by atoms with Gasteiger partial charge < -0.3 is 14.8 Å². The van der Waals surface area contributed by atoms with E-state index in [0.29, 0.717) is 12.3 Å². The third-order valence-electron chi connectivity index (χ3n) is 3.94. The molecule has 25 heavy (non-hydrogen) atoms. The van der Waals surface area contributed by atoms with Crippen LogP contribution >= 0.6 is 0 Å². The van der Waals surface area contributed by atoms with E-state index in [9.17, 15) is 9.59 Å². The standard InChI is InChI=1S/C20H21NO4/c1-14(25-20(23)16-7-8-16)19(22)21-17-9-11-18(12-10-17)24-13-15-5-3-2-4-6-15/h2-6,9-12,14,16H,7-8,13H2,1H3,(H,21,22)/t14-/m1/s1. The summed E-state index contributed by atoms with van der Waals surface area (Å²) in [6, 6.07) is 17.0. The summed E-state index contributed by atoms with van der Waals surface area (Å²) in [4.78, 5) is 23.7. The second kappa shape index (κ2) is 7.83. The molecule has 1 fully saturated rings. The summed E-state index contributed by atoms with van der Waals surface area (Å²) >= 11 is 0. The van der Waals surface area contributed by atoms with E-state index in [1.165, 1.54) is 0 Å². The number of rotatable bonds is 7. The monoisotopic (exact) mass is 339 g/mol. The molecule has 2 aromatic rings. The van der Waals surface area contributed by atoms with Crippen LogP contribution in [0.5, 0.6) is 5.75 Å². The normalized spacial score (nSPS) is 14.4. The van der Waals surface area contributed by atoms with Crippen molar-refractivity contribution < 1.29 is 19.1 Å². The van der Waals surface area contributed by atoms with Crippen molar-refractivity contribution in [3.8, 4) is 5.75 Å². The van der Waals surface area contributed by atoms with Gasteiger partial charge in [0.05, 0.1) is 5.92 Å². The third kappa shape index (κ3) is 5.08. The molecule has 1 amide bonds. The average molecular weight is 339 g/mol. The predicted octanol–water partition coefficient (Wildman–Crippen LogP) is 3.55. The lowest BCUT2D eigenvalue weighted by Crippen LogP contribution is -2.30. The van der Waals surface area contributed by atoms with Gasteiger partial charge >= 0.3 is 5.97 Å². The molecule has 2 aromatic carbocycles. The Morgan fingerprint density at radius 3 is 2.40 bits per heavy atom. The Bertz CT molecular complexity index is 723. The summed E-state index contributed by atoms with van der Waals surface area (Å²) < 4.78 is 10.8. The van der Waals surface area contributed by atoms with Crippen LogP contribution in [0.15, 0.2) is 54.6 Å². The highest BCUT2D eigenvalue weighted by atomic mass is 16.5. The molecule has 1 N–H and O–H groups in total. The number of carbonyl (C=O) groups is 2. The van der Waals surface area contributed by atoms with Crippen LogP contribution in [-0.2, 0) is 20.9 Å². The number of ether oxygens (including phenoxy) is 2. The van der Waals surface area contributed by atoms with Crippen LogP contribution < -0.4 is 10.1 Å². The van der Waals surface area contributed by atoms with Crippen molar-refractivity contribution in [2.24, 2.45) is 5.92 Å². The SMILES string of the molecule is C[C@@H](OC(=O)C1CC1)C(=O)Nc1ccc(OCc2ccccc2)cc1. The molecule has 0 aromatic heterocycles.